The van der Waals surface area contributed by atoms with E-state index < -0.39 is 22.5 Å². The van der Waals surface area contributed by atoms with Gasteiger partial charge in [-0.3, -0.25) is 9.10 Å². The predicted molar refractivity (Wildman–Crippen MR) is 135 cm³/mol. The summed E-state index contributed by atoms with van der Waals surface area (Å²) in [6.07, 6.45) is 1.51. The molecule has 0 bridgehead atoms. The molecule has 3 aromatic carbocycles. The van der Waals surface area contributed by atoms with Crippen LogP contribution in [0, 0.1) is 0 Å². The fourth-order valence-electron chi connectivity index (χ4n) is 3.11. The predicted octanol–water partition coefficient (Wildman–Crippen LogP) is 3.50. The average molecular weight is 481 g/mol. The van der Waals surface area contributed by atoms with E-state index in [0.29, 0.717) is 18.0 Å². The molecule has 1 N–H and O–H groups in total. The number of ether oxygens (including phenoxy) is 1. The molecule has 0 fully saturated rings. The second-order valence-corrected chi connectivity index (χ2v) is 9.39. The molecule has 0 aliphatic rings. The number of carbonyl (C=O) groups excluding carboxylic acids is 1. The van der Waals surface area contributed by atoms with Crippen LogP contribution in [0.3, 0.4) is 0 Å². The summed E-state index contributed by atoms with van der Waals surface area (Å²) in [4.78, 5) is 14.7. The summed E-state index contributed by atoms with van der Waals surface area (Å²) in [5.41, 5.74) is 4.62. The van der Waals surface area contributed by atoms with Gasteiger partial charge in [0.1, 0.15) is 12.3 Å². The van der Waals surface area contributed by atoms with E-state index in [1.54, 1.807) is 42.5 Å². The highest BCUT2D eigenvalue weighted by Gasteiger charge is 2.27. The Labute approximate surface area is 200 Å². The molecule has 0 heterocycles. The van der Waals surface area contributed by atoms with Crippen LogP contribution >= 0.6 is 0 Å². The Balaban J connectivity index is 1.76. The Bertz CT molecular complexity index is 1210. The summed E-state index contributed by atoms with van der Waals surface area (Å²) in [5.74, 6) is -0.00191. The van der Waals surface area contributed by atoms with Crippen LogP contribution in [0.1, 0.15) is 12.5 Å². The molecular weight excluding hydrogens is 452 g/mol. The lowest BCUT2D eigenvalue weighted by atomic mass is 10.2. The van der Waals surface area contributed by atoms with Crippen molar-refractivity contribution >= 4 is 33.5 Å². The number of para-hydroxylation sites is 1. The summed E-state index contributed by atoms with van der Waals surface area (Å²) < 4.78 is 33.2. The third-order valence-electron chi connectivity index (χ3n) is 4.87. The first-order chi connectivity index (χ1) is 16.3. The lowest BCUT2D eigenvalue weighted by Gasteiger charge is -2.23. The van der Waals surface area contributed by atoms with Gasteiger partial charge in [0.2, 0.25) is 0 Å². The van der Waals surface area contributed by atoms with E-state index in [2.05, 4.69) is 10.5 Å². The first kappa shape index (κ1) is 24.8. The maximum Gasteiger partial charge on any atom is 0.264 e. The topological polar surface area (TPSA) is 91.3 Å². The number of benzene rings is 3. The zero-order valence-electron chi connectivity index (χ0n) is 19.4. The number of carbonyl (C=O) groups is 1. The second-order valence-electron chi connectivity index (χ2n) is 7.53. The van der Waals surface area contributed by atoms with Crippen LogP contribution in [0.15, 0.2) is 88.9 Å². The normalized spacial score (nSPS) is 11.3. The van der Waals surface area contributed by atoms with Crippen molar-refractivity contribution in [3.63, 3.8) is 0 Å². The summed E-state index contributed by atoms with van der Waals surface area (Å²) in [7, 11) is -0.115. The van der Waals surface area contributed by atoms with Gasteiger partial charge in [0.15, 0.2) is 0 Å². The third kappa shape index (κ3) is 6.35. The van der Waals surface area contributed by atoms with Crippen LogP contribution in [-0.4, -0.2) is 47.8 Å². The molecule has 3 aromatic rings. The van der Waals surface area contributed by atoms with Crippen molar-refractivity contribution in [3.8, 4) is 5.75 Å². The van der Waals surface area contributed by atoms with Crippen molar-refractivity contribution in [2.75, 3.05) is 36.5 Å². The van der Waals surface area contributed by atoms with Crippen molar-refractivity contribution in [2.45, 2.75) is 11.8 Å². The van der Waals surface area contributed by atoms with E-state index in [-0.39, 0.29) is 4.90 Å². The molecule has 1 amide bonds. The molecule has 3 rings (SSSR count). The summed E-state index contributed by atoms with van der Waals surface area (Å²) >= 11 is 0. The fraction of sp³-hybridized carbons (Fsp3) is 0.200. The molecule has 0 atom stereocenters. The van der Waals surface area contributed by atoms with E-state index in [4.69, 9.17) is 4.74 Å². The van der Waals surface area contributed by atoms with Gasteiger partial charge in [-0.2, -0.15) is 5.10 Å². The number of rotatable bonds is 10. The van der Waals surface area contributed by atoms with Crippen LogP contribution in [0.5, 0.6) is 5.75 Å². The highest BCUT2D eigenvalue weighted by molar-refractivity contribution is 7.92. The number of sulfonamides is 1. The van der Waals surface area contributed by atoms with Crippen LogP contribution in [-0.2, 0) is 14.8 Å². The van der Waals surface area contributed by atoms with E-state index in [9.17, 15) is 13.2 Å². The average Bonchev–Trinajstić information content (AvgIpc) is 2.84. The number of hydrogen-bond donors (Lipinski definition) is 1. The van der Waals surface area contributed by atoms with Gasteiger partial charge in [-0.15, -0.1) is 0 Å². The van der Waals surface area contributed by atoms with Gasteiger partial charge in [-0.25, -0.2) is 13.8 Å². The van der Waals surface area contributed by atoms with Crippen molar-refractivity contribution < 1.29 is 17.9 Å². The van der Waals surface area contributed by atoms with E-state index >= 15 is 0 Å². The quantitative estimate of drug-likeness (QED) is 0.354. The molecule has 9 heteroatoms. The number of anilines is 2. The zero-order valence-corrected chi connectivity index (χ0v) is 20.2. The number of nitrogens with one attached hydrogen (secondary N) is 1. The lowest BCUT2D eigenvalue weighted by molar-refractivity contribution is -0.119. The van der Waals surface area contributed by atoms with Gasteiger partial charge in [-0.05, 0) is 61.0 Å². The highest BCUT2D eigenvalue weighted by atomic mass is 32.2. The fourth-order valence-corrected chi connectivity index (χ4v) is 4.54. The van der Waals surface area contributed by atoms with E-state index in [0.717, 1.165) is 15.6 Å². The Morgan fingerprint density at radius 2 is 1.59 bits per heavy atom. The summed E-state index contributed by atoms with van der Waals surface area (Å²) in [5, 5.41) is 3.97. The molecular formula is C25H28N4O4S. The molecule has 0 unspecified atom stereocenters. The maximum absolute atomic E-state index is 13.4. The maximum atomic E-state index is 13.4. The molecule has 34 heavy (non-hydrogen) atoms. The van der Waals surface area contributed by atoms with Gasteiger partial charge in [0.05, 0.1) is 23.4 Å². The molecule has 0 radical (unpaired) electrons. The van der Waals surface area contributed by atoms with Gasteiger partial charge >= 0.3 is 0 Å². The van der Waals surface area contributed by atoms with Crippen molar-refractivity contribution in [3.05, 3.63) is 84.4 Å². The van der Waals surface area contributed by atoms with Gasteiger partial charge in [0.25, 0.3) is 15.9 Å². The van der Waals surface area contributed by atoms with Crippen molar-refractivity contribution in [1.29, 1.82) is 0 Å². The number of hydrazone groups is 1. The summed E-state index contributed by atoms with van der Waals surface area (Å²) in [6, 6.07) is 22.2. The van der Waals surface area contributed by atoms with Gasteiger partial charge in [-0.1, -0.05) is 30.3 Å². The Morgan fingerprint density at radius 3 is 2.18 bits per heavy atom. The molecule has 0 aliphatic carbocycles. The molecule has 0 saturated carbocycles. The van der Waals surface area contributed by atoms with Gasteiger partial charge < -0.3 is 9.64 Å². The Kier molecular flexibility index (Phi) is 8.26. The number of amides is 1. The van der Waals surface area contributed by atoms with E-state index in [1.165, 1.54) is 18.3 Å². The first-order valence-corrected chi connectivity index (χ1v) is 12.1. The molecule has 0 aliphatic heterocycles. The molecule has 0 aromatic heterocycles. The smallest absolute Gasteiger partial charge is 0.264 e. The lowest BCUT2D eigenvalue weighted by Crippen LogP contribution is -2.39. The van der Waals surface area contributed by atoms with Crippen LogP contribution < -0.4 is 19.4 Å². The second kappa shape index (κ2) is 11.3. The minimum atomic E-state index is -4.01. The third-order valence-corrected chi connectivity index (χ3v) is 6.65. The van der Waals surface area contributed by atoms with E-state index in [1.807, 2.05) is 50.2 Å². The van der Waals surface area contributed by atoms with Gasteiger partial charge in [0, 0.05) is 19.8 Å². The monoisotopic (exact) mass is 480 g/mol. The number of nitrogens with zero attached hydrogens (tertiary/aromatic N) is 3. The minimum absolute atomic E-state index is 0.0529. The standard InChI is InChI=1S/C25H28N4O4S/c1-4-33-23-14-16-24(17-15-23)34(31,32)29(22-8-6-5-7-9-22)19-25(30)27-26-18-20-10-12-21(13-11-20)28(2)3/h5-18H,4,19H2,1-3H3,(H,27,30)/b26-18-. The zero-order chi connectivity index (χ0) is 24.6. The van der Waals surface area contributed by atoms with Crippen molar-refractivity contribution in [2.24, 2.45) is 5.10 Å². The Morgan fingerprint density at radius 1 is 0.941 bits per heavy atom. The Hall–Kier alpha value is -3.85. The summed E-state index contributed by atoms with van der Waals surface area (Å²) in [6.45, 7) is 1.89. The largest absolute Gasteiger partial charge is 0.494 e. The minimum Gasteiger partial charge on any atom is -0.494 e. The van der Waals surface area contributed by atoms with Crippen LogP contribution in [0.4, 0.5) is 11.4 Å². The highest BCUT2D eigenvalue weighted by Crippen LogP contribution is 2.25. The molecule has 178 valence electrons. The number of hydrogen-bond acceptors (Lipinski definition) is 6. The van der Waals surface area contributed by atoms with Crippen LogP contribution in [0.25, 0.3) is 0 Å². The molecule has 8 nitrogen and oxygen atoms in total. The van der Waals surface area contributed by atoms with Crippen LogP contribution in [0.2, 0.25) is 0 Å². The molecule has 0 spiro atoms. The van der Waals surface area contributed by atoms with Crippen molar-refractivity contribution in [1.82, 2.24) is 5.43 Å². The first-order valence-electron chi connectivity index (χ1n) is 10.7. The molecule has 0 saturated heterocycles. The SMILES string of the molecule is CCOc1ccc(S(=O)(=O)N(CC(=O)N/N=C\c2ccc(N(C)C)cc2)c2ccccc2)cc1.